The summed E-state index contributed by atoms with van der Waals surface area (Å²) in [5.41, 5.74) is 0.384. The van der Waals surface area contributed by atoms with Crippen molar-refractivity contribution in [2.45, 2.75) is 24.3 Å². The van der Waals surface area contributed by atoms with Gasteiger partial charge in [-0.15, -0.1) is 0 Å². The lowest BCUT2D eigenvalue weighted by atomic mass is 10.1. The standard InChI is InChI=1S/C21H20F3N3O2S/c1-27-19(29)17(13-18(28)25-11-10-14-6-3-2-4-7-14)30-20(27)26-16-9-5-8-15(12-16)21(22,23)24/h2-9,12,17H,10-11,13H2,1H3,(H,25,28). The SMILES string of the molecule is CN1C(=O)C(CC(=O)NCCc2ccccc2)SC1=Nc1cccc(C(F)(F)F)c1. The summed E-state index contributed by atoms with van der Waals surface area (Å²) >= 11 is 1.08. The van der Waals surface area contributed by atoms with Gasteiger partial charge in [-0.25, -0.2) is 4.99 Å². The summed E-state index contributed by atoms with van der Waals surface area (Å²) in [6, 6.07) is 14.3. The number of amidine groups is 1. The van der Waals surface area contributed by atoms with Gasteiger partial charge in [0.15, 0.2) is 5.17 Å². The molecule has 1 fully saturated rings. The van der Waals surface area contributed by atoms with E-state index in [1.807, 2.05) is 30.3 Å². The summed E-state index contributed by atoms with van der Waals surface area (Å²) in [5, 5.41) is 2.40. The van der Waals surface area contributed by atoms with E-state index in [9.17, 15) is 22.8 Å². The van der Waals surface area contributed by atoms with Gasteiger partial charge in [0.05, 0.1) is 11.3 Å². The number of carbonyl (C=O) groups excluding carboxylic acids is 2. The van der Waals surface area contributed by atoms with Crippen LogP contribution in [0.3, 0.4) is 0 Å². The number of carbonyl (C=O) groups is 2. The van der Waals surface area contributed by atoms with E-state index < -0.39 is 17.0 Å². The molecule has 2 aromatic rings. The van der Waals surface area contributed by atoms with Gasteiger partial charge in [0.2, 0.25) is 11.8 Å². The van der Waals surface area contributed by atoms with Crippen LogP contribution in [0, 0.1) is 0 Å². The molecule has 0 aliphatic carbocycles. The second-order valence-electron chi connectivity index (χ2n) is 6.74. The van der Waals surface area contributed by atoms with Crippen LogP contribution in [-0.4, -0.2) is 40.7 Å². The van der Waals surface area contributed by atoms with Crippen LogP contribution in [-0.2, 0) is 22.2 Å². The topological polar surface area (TPSA) is 61.8 Å². The Bertz CT molecular complexity index is 948. The van der Waals surface area contributed by atoms with Gasteiger partial charge < -0.3 is 5.32 Å². The van der Waals surface area contributed by atoms with E-state index in [0.717, 1.165) is 29.5 Å². The number of nitrogens with zero attached hydrogens (tertiary/aromatic N) is 2. The van der Waals surface area contributed by atoms with Crippen LogP contribution in [0.1, 0.15) is 17.5 Å². The molecule has 5 nitrogen and oxygen atoms in total. The average molecular weight is 435 g/mol. The zero-order valence-corrected chi connectivity index (χ0v) is 17.0. The van der Waals surface area contributed by atoms with Crippen LogP contribution < -0.4 is 5.32 Å². The first kappa shape index (κ1) is 21.9. The average Bonchev–Trinajstić information content (AvgIpc) is 2.96. The number of amides is 2. The van der Waals surface area contributed by atoms with E-state index in [4.69, 9.17) is 0 Å². The summed E-state index contributed by atoms with van der Waals surface area (Å²) in [6.45, 7) is 0.454. The van der Waals surface area contributed by atoms with Gasteiger partial charge in [0.1, 0.15) is 5.25 Å². The van der Waals surface area contributed by atoms with Crippen molar-refractivity contribution in [3.8, 4) is 0 Å². The van der Waals surface area contributed by atoms with E-state index >= 15 is 0 Å². The summed E-state index contributed by atoms with van der Waals surface area (Å²) in [7, 11) is 1.50. The number of thioether (sulfide) groups is 1. The van der Waals surface area contributed by atoms with Crippen LogP contribution in [0.2, 0.25) is 0 Å². The lowest BCUT2D eigenvalue weighted by molar-refractivity contribution is -0.137. The molecule has 1 aliphatic rings. The highest BCUT2D eigenvalue weighted by atomic mass is 32.2. The number of nitrogens with one attached hydrogen (secondary N) is 1. The number of aliphatic imine (C=N–C) groups is 1. The van der Waals surface area contributed by atoms with Gasteiger partial charge in [-0.1, -0.05) is 48.2 Å². The minimum absolute atomic E-state index is 0.0236. The zero-order chi connectivity index (χ0) is 21.7. The van der Waals surface area contributed by atoms with E-state index in [0.29, 0.717) is 13.0 Å². The van der Waals surface area contributed by atoms with Crippen LogP contribution in [0.5, 0.6) is 0 Å². The lowest BCUT2D eigenvalue weighted by Gasteiger charge is -2.10. The molecule has 9 heteroatoms. The number of halogens is 3. The van der Waals surface area contributed by atoms with Crippen molar-refractivity contribution in [2.75, 3.05) is 13.6 Å². The lowest BCUT2D eigenvalue weighted by Crippen LogP contribution is -2.33. The molecular weight excluding hydrogens is 415 g/mol. The predicted octanol–water partition coefficient (Wildman–Crippen LogP) is 4.02. The van der Waals surface area contributed by atoms with Crippen LogP contribution >= 0.6 is 11.8 Å². The largest absolute Gasteiger partial charge is 0.416 e. The van der Waals surface area contributed by atoms with Crippen molar-refractivity contribution >= 4 is 34.4 Å². The maximum absolute atomic E-state index is 12.9. The van der Waals surface area contributed by atoms with Crippen molar-refractivity contribution in [2.24, 2.45) is 4.99 Å². The first-order chi connectivity index (χ1) is 14.2. The van der Waals surface area contributed by atoms with Crippen molar-refractivity contribution in [3.05, 3.63) is 65.7 Å². The van der Waals surface area contributed by atoms with E-state index in [1.165, 1.54) is 24.1 Å². The highest BCUT2D eigenvalue weighted by molar-refractivity contribution is 8.15. The third-order valence-electron chi connectivity index (χ3n) is 4.49. The van der Waals surface area contributed by atoms with Crippen LogP contribution in [0.4, 0.5) is 18.9 Å². The molecule has 1 aliphatic heterocycles. The van der Waals surface area contributed by atoms with Crippen LogP contribution in [0.25, 0.3) is 0 Å². The Kier molecular flexibility index (Phi) is 6.81. The zero-order valence-electron chi connectivity index (χ0n) is 16.1. The Morgan fingerprint density at radius 3 is 2.60 bits per heavy atom. The van der Waals surface area contributed by atoms with Crippen molar-refractivity contribution < 1.29 is 22.8 Å². The number of hydrogen-bond acceptors (Lipinski definition) is 4. The van der Waals surface area contributed by atoms with Crippen molar-refractivity contribution in [1.82, 2.24) is 10.2 Å². The molecule has 1 saturated heterocycles. The Hall–Kier alpha value is -2.81. The minimum atomic E-state index is -4.47. The van der Waals surface area contributed by atoms with Crippen LogP contribution in [0.15, 0.2) is 59.6 Å². The Balaban J connectivity index is 1.59. The summed E-state index contributed by atoms with van der Waals surface area (Å²) in [5.74, 6) is -0.561. The number of rotatable bonds is 6. The minimum Gasteiger partial charge on any atom is -0.356 e. The second kappa shape index (κ2) is 9.34. The third-order valence-corrected chi connectivity index (χ3v) is 5.72. The molecule has 3 rings (SSSR count). The molecule has 0 bridgehead atoms. The van der Waals surface area contributed by atoms with Crippen molar-refractivity contribution in [3.63, 3.8) is 0 Å². The molecular formula is C21H20F3N3O2S. The fraction of sp³-hybridized carbons (Fsp3) is 0.286. The Morgan fingerprint density at radius 1 is 1.17 bits per heavy atom. The molecule has 0 radical (unpaired) electrons. The number of benzene rings is 2. The number of alkyl halides is 3. The van der Waals surface area contributed by atoms with Gasteiger partial charge in [-0.2, -0.15) is 13.2 Å². The van der Waals surface area contributed by atoms with Gasteiger partial charge in [0, 0.05) is 20.0 Å². The molecule has 0 aromatic heterocycles. The third kappa shape index (κ3) is 5.63. The fourth-order valence-electron chi connectivity index (χ4n) is 2.89. The van der Waals surface area contributed by atoms with E-state index in [-0.39, 0.29) is 29.1 Å². The Labute approximate surface area is 176 Å². The van der Waals surface area contributed by atoms with Gasteiger partial charge in [-0.05, 0) is 30.2 Å². The quantitative estimate of drug-likeness (QED) is 0.746. The van der Waals surface area contributed by atoms with E-state index in [2.05, 4.69) is 10.3 Å². The highest BCUT2D eigenvalue weighted by Crippen LogP contribution is 2.34. The molecule has 1 unspecified atom stereocenters. The Morgan fingerprint density at radius 2 is 1.90 bits per heavy atom. The molecule has 1 atom stereocenters. The molecule has 2 aromatic carbocycles. The fourth-order valence-corrected chi connectivity index (χ4v) is 4.05. The first-order valence-electron chi connectivity index (χ1n) is 9.25. The van der Waals surface area contributed by atoms with Gasteiger partial charge in [0.25, 0.3) is 0 Å². The summed E-state index contributed by atoms with van der Waals surface area (Å²) in [4.78, 5) is 30.1. The molecule has 1 heterocycles. The molecule has 0 spiro atoms. The monoisotopic (exact) mass is 435 g/mol. The molecule has 1 N–H and O–H groups in total. The molecule has 0 saturated carbocycles. The van der Waals surface area contributed by atoms with Crippen molar-refractivity contribution in [1.29, 1.82) is 0 Å². The summed E-state index contributed by atoms with van der Waals surface area (Å²) in [6.07, 6.45) is -3.81. The highest BCUT2D eigenvalue weighted by Gasteiger charge is 2.37. The van der Waals surface area contributed by atoms with E-state index in [1.54, 1.807) is 0 Å². The normalized spacial score (nSPS) is 18.1. The second-order valence-corrected chi connectivity index (χ2v) is 7.91. The summed E-state index contributed by atoms with van der Waals surface area (Å²) < 4.78 is 38.6. The van der Waals surface area contributed by atoms with Gasteiger partial charge in [-0.3, -0.25) is 14.5 Å². The maximum Gasteiger partial charge on any atom is 0.416 e. The number of hydrogen-bond donors (Lipinski definition) is 1. The molecule has 158 valence electrons. The molecule has 2 amide bonds. The predicted molar refractivity (Wildman–Crippen MR) is 110 cm³/mol. The smallest absolute Gasteiger partial charge is 0.356 e. The first-order valence-corrected chi connectivity index (χ1v) is 10.1. The molecule has 30 heavy (non-hydrogen) atoms. The maximum atomic E-state index is 12.9. The van der Waals surface area contributed by atoms with Gasteiger partial charge >= 0.3 is 6.18 Å².